The monoisotopic (exact) mass is 386 g/mol. The van der Waals surface area contributed by atoms with Gasteiger partial charge in [-0.1, -0.05) is 12.1 Å². The molecule has 0 atom stereocenters. The van der Waals surface area contributed by atoms with Crippen molar-refractivity contribution in [1.29, 1.82) is 0 Å². The van der Waals surface area contributed by atoms with Gasteiger partial charge in [0.25, 0.3) is 0 Å². The number of guanidine groups is 1. The van der Waals surface area contributed by atoms with E-state index in [2.05, 4.69) is 15.6 Å². The number of carbonyl (C=O) groups is 1. The highest BCUT2D eigenvalue weighted by atomic mass is 19.4. The first-order valence-corrected chi connectivity index (χ1v) is 9.27. The molecule has 0 aliphatic heterocycles. The molecule has 0 aliphatic rings. The molecule has 0 unspecified atom stereocenters. The lowest BCUT2D eigenvalue weighted by Crippen LogP contribution is -2.38. The number of hydrogen-bond donors (Lipinski definition) is 2. The lowest BCUT2D eigenvalue weighted by Gasteiger charge is -2.18. The summed E-state index contributed by atoms with van der Waals surface area (Å²) >= 11 is 0. The molecule has 1 rings (SSSR count). The Hall–Kier alpha value is -2.25. The Balaban J connectivity index is 2.49. The van der Waals surface area contributed by atoms with E-state index >= 15 is 0 Å². The van der Waals surface area contributed by atoms with Crippen LogP contribution in [0.1, 0.15) is 38.3 Å². The van der Waals surface area contributed by atoms with Crippen molar-refractivity contribution in [2.24, 2.45) is 4.99 Å². The summed E-state index contributed by atoms with van der Waals surface area (Å²) in [4.78, 5) is 18.1. The fraction of sp³-hybridized carbons (Fsp3) is 0.579. The summed E-state index contributed by atoms with van der Waals surface area (Å²) in [6.45, 7) is 8.78. The average molecular weight is 386 g/mol. The first-order valence-electron chi connectivity index (χ1n) is 9.27. The maximum absolute atomic E-state index is 12.6. The van der Waals surface area contributed by atoms with E-state index in [0.29, 0.717) is 51.5 Å². The fourth-order valence-corrected chi connectivity index (χ4v) is 2.53. The van der Waals surface area contributed by atoms with E-state index in [4.69, 9.17) is 0 Å². The van der Waals surface area contributed by atoms with Crippen LogP contribution in [-0.2, 0) is 17.4 Å². The number of carbonyl (C=O) groups excluding carboxylic acids is 1. The number of amides is 1. The molecule has 5 nitrogen and oxygen atoms in total. The van der Waals surface area contributed by atoms with Gasteiger partial charge in [0, 0.05) is 32.6 Å². The quantitative estimate of drug-likeness (QED) is 0.507. The Kier molecular flexibility index (Phi) is 9.67. The van der Waals surface area contributed by atoms with E-state index in [0.717, 1.165) is 17.7 Å². The summed E-state index contributed by atoms with van der Waals surface area (Å²) in [5.41, 5.74) is 0.162. The van der Waals surface area contributed by atoms with E-state index in [-0.39, 0.29) is 5.91 Å². The summed E-state index contributed by atoms with van der Waals surface area (Å²) in [7, 11) is 0. The molecule has 8 heteroatoms. The SMILES string of the molecule is CCNC(=NCCC(=O)N(CC)CC)NCCc1ccc(C(F)(F)F)cc1. The van der Waals surface area contributed by atoms with Gasteiger partial charge < -0.3 is 15.5 Å². The van der Waals surface area contributed by atoms with Crippen molar-refractivity contribution in [2.75, 3.05) is 32.7 Å². The van der Waals surface area contributed by atoms with Crippen LogP contribution in [0, 0.1) is 0 Å². The van der Waals surface area contributed by atoms with Gasteiger partial charge in [-0.25, -0.2) is 0 Å². The molecule has 1 aromatic rings. The number of rotatable bonds is 9. The molecule has 0 spiro atoms. The molecule has 1 amide bonds. The molecule has 0 aliphatic carbocycles. The normalized spacial score (nSPS) is 12.0. The standard InChI is InChI=1S/C19H29F3N4O/c1-4-23-18(25-14-12-17(27)26(5-2)6-3)24-13-11-15-7-9-16(10-8-15)19(20,21)22/h7-10H,4-6,11-14H2,1-3H3,(H2,23,24,25). The summed E-state index contributed by atoms with van der Waals surface area (Å²) < 4.78 is 37.7. The van der Waals surface area contributed by atoms with Gasteiger partial charge in [0.2, 0.25) is 5.91 Å². The minimum atomic E-state index is -4.32. The second kappa shape index (κ2) is 11.5. The van der Waals surface area contributed by atoms with Gasteiger partial charge in [-0.2, -0.15) is 13.2 Å². The Morgan fingerprint density at radius 3 is 2.22 bits per heavy atom. The first-order chi connectivity index (χ1) is 12.8. The third-order valence-electron chi connectivity index (χ3n) is 4.04. The zero-order valence-corrected chi connectivity index (χ0v) is 16.2. The number of hydrogen-bond acceptors (Lipinski definition) is 2. The van der Waals surface area contributed by atoms with Gasteiger partial charge >= 0.3 is 6.18 Å². The summed E-state index contributed by atoms with van der Waals surface area (Å²) in [5, 5.41) is 6.23. The maximum Gasteiger partial charge on any atom is 0.416 e. The van der Waals surface area contributed by atoms with Gasteiger partial charge in [0.05, 0.1) is 12.1 Å². The maximum atomic E-state index is 12.6. The summed E-state index contributed by atoms with van der Waals surface area (Å²) in [6.07, 6.45) is -3.40. The molecule has 2 N–H and O–H groups in total. The number of nitrogens with zero attached hydrogens (tertiary/aromatic N) is 2. The molecular weight excluding hydrogens is 357 g/mol. The Morgan fingerprint density at radius 1 is 1.07 bits per heavy atom. The van der Waals surface area contributed by atoms with Crippen molar-refractivity contribution in [3.63, 3.8) is 0 Å². The molecule has 1 aromatic carbocycles. The molecule has 27 heavy (non-hydrogen) atoms. The molecular formula is C19H29F3N4O. The topological polar surface area (TPSA) is 56.7 Å². The Labute approximate surface area is 159 Å². The van der Waals surface area contributed by atoms with E-state index in [9.17, 15) is 18.0 Å². The van der Waals surface area contributed by atoms with E-state index in [1.54, 1.807) is 4.90 Å². The third kappa shape index (κ3) is 8.32. The van der Waals surface area contributed by atoms with Crippen LogP contribution in [0.25, 0.3) is 0 Å². The van der Waals surface area contributed by atoms with Crippen molar-refractivity contribution in [3.05, 3.63) is 35.4 Å². The van der Waals surface area contributed by atoms with Crippen molar-refractivity contribution in [1.82, 2.24) is 15.5 Å². The number of halogens is 3. The Bertz CT molecular complexity index is 596. The minimum Gasteiger partial charge on any atom is -0.357 e. The molecule has 0 bridgehead atoms. The largest absolute Gasteiger partial charge is 0.416 e. The minimum absolute atomic E-state index is 0.0735. The van der Waals surface area contributed by atoms with Crippen molar-refractivity contribution >= 4 is 11.9 Å². The van der Waals surface area contributed by atoms with Gasteiger partial charge in [-0.15, -0.1) is 0 Å². The van der Waals surface area contributed by atoms with Gasteiger partial charge in [0.1, 0.15) is 0 Å². The highest BCUT2D eigenvalue weighted by molar-refractivity contribution is 5.80. The molecule has 0 radical (unpaired) electrons. The van der Waals surface area contributed by atoms with E-state index in [1.807, 2.05) is 20.8 Å². The number of aliphatic imine (C=N–C) groups is 1. The molecule has 0 fully saturated rings. The fourth-order valence-electron chi connectivity index (χ4n) is 2.53. The second-order valence-electron chi connectivity index (χ2n) is 5.95. The Morgan fingerprint density at radius 2 is 1.70 bits per heavy atom. The zero-order valence-electron chi connectivity index (χ0n) is 16.2. The predicted octanol–water partition coefficient (Wildman–Crippen LogP) is 3.06. The molecule has 152 valence electrons. The predicted molar refractivity (Wildman–Crippen MR) is 102 cm³/mol. The van der Waals surface area contributed by atoms with Crippen LogP contribution in [0.4, 0.5) is 13.2 Å². The van der Waals surface area contributed by atoms with Gasteiger partial charge in [-0.05, 0) is 44.9 Å². The van der Waals surface area contributed by atoms with Crippen LogP contribution >= 0.6 is 0 Å². The van der Waals surface area contributed by atoms with Gasteiger partial charge in [-0.3, -0.25) is 9.79 Å². The summed E-state index contributed by atoms with van der Waals surface area (Å²) in [6, 6.07) is 5.15. The van der Waals surface area contributed by atoms with E-state index < -0.39 is 11.7 Å². The van der Waals surface area contributed by atoms with Crippen LogP contribution < -0.4 is 10.6 Å². The van der Waals surface area contributed by atoms with Crippen LogP contribution in [0.5, 0.6) is 0 Å². The third-order valence-corrected chi connectivity index (χ3v) is 4.04. The van der Waals surface area contributed by atoms with E-state index in [1.165, 1.54) is 12.1 Å². The highest BCUT2D eigenvalue weighted by Crippen LogP contribution is 2.29. The number of alkyl halides is 3. The van der Waals surface area contributed by atoms with Crippen LogP contribution in [0.2, 0.25) is 0 Å². The molecule has 0 saturated heterocycles. The lowest BCUT2D eigenvalue weighted by molar-refractivity contribution is -0.137. The lowest BCUT2D eigenvalue weighted by atomic mass is 10.1. The van der Waals surface area contributed by atoms with Crippen molar-refractivity contribution < 1.29 is 18.0 Å². The van der Waals surface area contributed by atoms with Crippen LogP contribution in [0.15, 0.2) is 29.3 Å². The van der Waals surface area contributed by atoms with Crippen LogP contribution in [-0.4, -0.2) is 49.5 Å². The highest BCUT2D eigenvalue weighted by Gasteiger charge is 2.29. The number of benzene rings is 1. The average Bonchev–Trinajstić information content (AvgIpc) is 2.62. The second-order valence-corrected chi connectivity index (χ2v) is 5.95. The van der Waals surface area contributed by atoms with Gasteiger partial charge in [0.15, 0.2) is 5.96 Å². The van der Waals surface area contributed by atoms with Crippen LogP contribution in [0.3, 0.4) is 0 Å². The van der Waals surface area contributed by atoms with Crippen molar-refractivity contribution in [2.45, 2.75) is 39.8 Å². The number of nitrogens with one attached hydrogen (secondary N) is 2. The smallest absolute Gasteiger partial charge is 0.357 e. The first kappa shape index (κ1) is 22.8. The molecule has 0 heterocycles. The molecule has 0 saturated carbocycles. The summed E-state index contributed by atoms with van der Waals surface area (Å²) in [5.74, 6) is 0.668. The zero-order chi connectivity index (χ0) is 20.3. The molecule has 0 aromatic heterocycles. The van der Waals surface area contributed by atoms with Crippen molar-refractivity contribution in [3.8, 4) is 0 Å².